The number of carbonyl (C=O) groups excluding carboxylic acids is 4. The number of rotatable bonds is 14. The zero-order valence-electron chi connectivity index (χ0n) is 17.8. The molecule has 0 radical (unpaired) electrons. The summed E-state index contributed by atoms with van der Waals surface area (Å²) in [6.45, 7) is 3.70. The SMILES string of the molecule is CCC(C)C(NC(=O)C(CO)NC(=O)C(NC(=O)C(N)CCC(N)=O)C(C)O)C(=O)O. The number of carbonyl (C=O) groups is 5. The van der Waals surface area contributed by atoms with Crippen LogP contribution in [0.2, 0.25) is 0 Å². The molecule has 13 nitrogen and oxygen atoms in total. The van der Waals surface area contributed by atoms with Crippen molar-refractivity contribution in [2.75, 3.05) is 6.61 Å². The summed E-state index contributed by atoms with van der Waals surface area (Å²) >= 11 is 0. The van der Waals surface area contributed by atoms with Crippen molar-refractivity contribution in [2.45, 2.75) is 70.3 Å². The Morgan fingerprint density at radius 3 is 1.90 bits per heavy atom. The zero-order chi connectivity index (χ0) is 24.3. The van der Waals surface area contributed by atoms with E-state index in [1.54, 1.807) is 13.8 Å². The second-order valence-corrected chi connectivity index (χ2v) is 7.29. The van der Waals surface area contributed by atoms with Gasteiger partial charge in [-0.3, -0.25) is 19.2 Å². The van der Waals surface area contributed by atoms with Gasteiger partial charge in [0.25, 0.3) is 0 Å². The summed E-state index contributed by atoms with van der Waals surface area (Å²) in [6.07, 6.45) is -1.18. The number of nitrogens with one attached hydrogen (secondary N) is 3. The van der Waals surface area contributed by atoms with E-state index in [-0.39, 0.29) is 12.8 Å². The first-order valence-corrected chi connectivity index (χ1v) is 9.82. The van der Waals surface area contributed by atoms with Gasteiger partial charge < -0.3 is 42.7 Å². The van der Waals surface area contributed by atoms with Gasteiger partial charge >= 0.3 is 5.97 Å². The van der Waals surface area contributed by atoms with E-state index in [1.807, 2.05) is 0 Å². The summed E-state index contributed by atoms with van der Waals surface area (Å²) in [5.41, 5.74) is 10.6. The van der Waals surface area contributed by atoms with Gasteiger partial charge in [-0.05, 0) is 19.3 Å². The van der Waals surface area contributed by atoms with Crippen LogP contribution in [0, 0.1) is 5.92 Å². The minimum atomic E-state index is -1.53. The lowest BCUT2D eigenvalue weighted by molar-refractivity contribution is -0.144. The van der Waals surface area contributed by atoms with Crippen LogP contribution in [0.1, 0.15) is 40.0 Å². The Balaban J connectivity index is 5.18. The lowest BCUT2D eigenvalue weighted by Gasteiger charge is -2.26. The number of nitrogens with two attached hydrogens (primary N) is 2. The molecule has 6 unspecified atom stereocenters. The van der Waals surface area contributed by atoms with Crippen LogP contribution < -0.4 is 27.4 Å². The molecule has 0 spiro atoms. The van der Waals surface area contributed by atoms with Gasteiger partial charge in [-0.2, -0.15) is 0 Å². The largest absolute Gasteiger partial charge is 0.480 e. The maximum atomic E-state index is 12.5. The predicted octanol–water partition coefficient (Wildman–Crippen LogP) is -3.46. The van der Waals surface area contributed by atoms with E-state index in [1.165, 1.54) is 6.92 Å². The number of hydrogen-bond donors (Lipinski definition) is 8. The smallest absolute Gasteiger partial charge is 0.326 e. The highest BCUT2D eigenvalue weighted by Crippen LogP contribution is 2.08. The molecule has 10 N–H and O–H groups in total. The van der Waals surface area contributed by atoms with Gasteiger partial charge in [0.2, 0.25) is 23.6 Å². The van der Waals surface area contributed by atoms with Gasteiger partial charge in [-0.1, -0.05) is 20.3 Å². The number of aliphatic hydroxyl groups excluding tert-OH is 2. The highest BCUT2D eigenvalue weighted by Gasteiger charge is 2.33. The van der Waals surface area contributed by atoms with Gasteiger partial charge in [-0.15, -0.1) is 0 Å². The van der Waals surface area contributed by atoms with Gasteiger partial charge in [-0.25, -0.2) is 4.79 Å². The van der Waals surface area contributed by atoms with E-state index in [4.69, 9.17) is 11.5 Å². The first kappa shape index (κ1) is 28.2. The maximum absolute atomic E-state index is 12.5. The fourth-order valence-electron chi connectivity index (χ4n) is 2.49. The van der Waals surface area contributed by atoms with Crippen LogP contribution in [0.25, 0.3) is 0 Å². The van der Waals surface area contributed by atoms with Crippen LogP contribution in [0.5, 0.6) is 0 Å². The molecule has 0 aromatic carbocycles. The average Bonchev–Trinajstić information content (AvgIpc) is 2.70. The van der Waals surface area contributed by atoms with E-state index < -0.39 is 72.4 Å². The molecule has 0 aliphatic rings. The third-order valence-electron chi connectivity index (χ3n) is 4.69. The van der Waals surface area contributed by atoms with Crippen molar-refractivity contribution in [3.8, 4) is 0 Å². The quantitative estimate of drug-likeness (QED) is 0.132. The summed E-state index contributed by atoms with van der Waals surface area (Å²) in [7, 11) is 0. The van der Waals surface area contributed by atoms with Crippen molar-refractivity contribution in [3.05, 3.63) is 0 Å². The average molecular weight is 447 g/mol. The Labute approximate surface area is 179 Å². The first-order chi connectivity index (χ1) is 14.3. The minimum absolute atomic E-state index is 0.0802. The second kappa shape index (κ2) is 13.5. The number of hydrogen-bond acceptors (Lipinski definition) is 8. The molecule has 31 heavy (non-hydrogen) atoms. The van der Waals surface area contributed by atoms with E-state index in [0.717, 1.165) is 0 Å². The van der Waals surface area contributed by atoms with Crippen molar-refractivity contribution in [3.63, 3.8) is 0 Å². The van der Waals surface area contributed by atoms with Crippen LogP contribution in [-0.4, -0.2) is 81.8 Å². The Kier molecular flexibility index (Phi) is 12.3. The molecule has 0 aromatic heterocycles. The fraction of sp³-hybridized carbons (Fsp3) is 0.722. The molecule has 0 bridgehead atoms. The Morgan fingerprint density at radius 2 is 1.48 bits per heavy atom. The standard InChI is InChI=1S/C18H33N5O8/c1-4-8(2)13(18(30)31)22-16(28)11(7-24)21-17(29)14(9(3)25)23-15(27)10(19)5-6-12(20)26/h8-11,13-14,24-25H,4-7,19H2,1-3H3,(H2,20,26)(H,21,29)(H,22,28)(H,23,27)(H,30,31). The predicted molar refractivity (Wildman–Crippen MR) is 108 cm³/mol. The van der Waals surface area contributed by atoms with Crippen molar-refractivity contribution < 1.29 is 39.3 Å². The van der Waals surface area contributed by atoms with E-state index in [2.05, 4.69) is 16.0 Å². The van der Waals surface area contributed by atoms with Gasteiger partial charge in [0.15, 0.2) is 0 Å². The number of aliphatic carboxylic acids is 1. The maximum Gasteiger partial charge on any atom is 0.326 e. The van der Waals surface area contributed by atoms with Gasteiger partial charge in [0, 0.05) is 6.42 Å². The Morgan fingerprint density at radius 1 is 0.935 bits per heavy atom. The highest BCUT2D eigenvalue weighted by molar-refractivity contribution is 5.94. The summed E-state index contributed by atoms with van der Waals surface area (Å²) in [5, 5.41) is 35.2. The number of primary amides is 1. The Hall–Kier alpha value is -2.77. The topological polar surface area (TPSA) is 234 Å². The molecule has 0 fully saturated rings. The lowest BCUT2D eigenvalue weighted by Crippen LogP contribution is -2.60. The van der Waals surface area contributed by atoms with E-state index in [0.29, 0.717) is 6.42 Å². The van der Waals surface area contributed by atoms with Crippen molar-refractivity contribution in [2.24, 2.45) is 17.4 Å². The normalized spacial score (nSPS) is 16.7. The third kappa shape index (κ3) is 9.72. The van der Waals surface area contributed by atoms with Gasteiger partial charge in [0.1, 0.15) is 18.1 Å². The number of aliphatic hydroxyl groups is 2. The molecule has 4 amide bonds. The van der Waals surface area contributed by atoms with Crippen LogP contribution in [0.4, 0.5) is 0 Å². The third-order valence-corrected chi connectivity index (χ3v) is 4.69. The molecule has 6 atom stereocenters. The number of amides is 4. The summed E-state index contributed by atoms with van der Waals surface area (Å²) in [4.78, 5) is 59.1. The zero-order valence-corrected chi connectivity index (χ0v) is 17.8. The number of carboxylic acid groups (broad SMARTS) is 1. The molecule has 0 aliphatic carbocycles. The Bertz CT molecular complexity index is 657. The molecule has 0 aromatic rings. The summed E-state index contributed by atoms with van der Waals surface area (Å²) < 4.78 is 0. The molecule has 13 heteroatoms. The number of carboxylic acids is 1. The van der Waals surface area contributed by atoms with Crippen molar-refractivity contribution in [1.29, 1.82) is 0 Å². The molecule has 0 saturated heterocycles. The van der Waals surface area contributed by atoms with Crippen LogP contribution in [-0.2, 0) is 24.0 Å². The molecule has 178 valence electrons. The van der Waals surface area contributed by atoms with Gasteiger partial charge in [0.05, 0.1) is 18.8 Å². The molecular weight excluding hydrogens is 414 g/mol. The van der Waals surface area contributed by atoms with Crippen LogP contribution in [0.15, 0.2) is 0 Å². The van der Waals surface area contributed by atoms with Crippen LogP contribution >= 0.6 is 0 Å². The minimum Gasteiger partial charge on any atom is -0.480 e. The molecule has 0 saturated carbocycles. The van der Waals surface area contributed by atoms with Crippen LogP contribution in [0.3, 0.4) is 0 Å². The van der Waals surface area contributed by atoms with Crippen molar-refractivity contribution >= 4 is 29.6 Å². The first-order valence-electron chi connectivity index (χ1n) is 9.82. The highest BCUT2D eigenvalue weighted by atomic mass is 16.4. The second-order valence-electron chi connectivity index (χ2n) is 7.29. The van der Waals surface area contributed by atoms with E-state index >= 15 is 0 Å². The fourth-order valence-corrected chi connectivity index (χ4v) is 2.49. The van der Waals surface area contributed by atoms with Crippen molar-refractivity contribution in [1.82, 2.24) is 16.0 Å². The molecule has 0 rings (SSSR count). The molecule has 0 aliphatic heterocycles. The summed E-state index contributed by atoms with van der Waals surface area (Å²) in [6, 6.07) is -5.47. The molecular formula is C18H33N5O8. The lowest BCUT2D eigenvalue weighted by atomic mass is 9.99. The monoisotopic (exact) mass is 447 g/mol. The summed E-state index contributed by atoms with van der Waals surface area (Å²) in [5.74, 6) is -5.14. The molecule has 0 heterocycles. The van der Waals surface area contributed by atoms with E-state index in [9.17, 15) is 39.3 Å².